The fourth-order valence-corrected chi connectivity index (χ4v) is 5.26. The number of ether oxygens (including phenoxy) is 1. The number of aliphatic hydroxyl groups is 1. The molecule has 1 N–H and O–H groups in total. The second-order valence-electron chi connectivity index (χ2n) is 10.4. The molecule has 1 aliphatic carbocycles. The van der Waals surface area contributed by atoms with Crippen LogP contribution in [-0.2, 0) is 6.54 Å². The van der Waals surface area contributed by atoms with Gasteiger partial charge >= 0.3 is 0 Å². The third-order valence-electron chi connectivity index (χ3n) is 7.39. The van der Waals surface area contributed by atoms with E-state index >= 15 is 0 Å². The van der Waals surface area contributed by atoms with Gasteiger partial charge in [-0.2, -0.15) is 4.98 Å². The van der Waals surface area contributed by atoms with Crippen LogP contribution >= 0.6 is 11.6 Å². The average Bonchev–Trinajstić information content (AvgIpc) is 3.29. The van der Waals surface area contributed by atoms with Gasteiger partial charge in [0.15, 0.2) is 11.2 Å². The zero-order valence-corrected chi connectivity index (χ0v) is 22.1. The zero-order chi connectivity index (χ0) is 26.4. The van der Waals surface area contributed by atoms with E-state index in [1.54, 1.807) is 23.2 Å². The zero-order valence-electron chi connectivity index (χ0n) is 21.4. The van der Waals surface area contributed by atoms with E-state index in [4.69, 9.17) is 21.3 Å². The number of imidazole rings is 1. The number of halogens is 1. The number of benzene rings is 1. The van der Waals surface area contributed by atoms with Gasteiger partial charge in [-0.25, -0.2) is 9.97 Å². The van der Waals surface area contributed by atoms with Crippen LogP contribution in [0.15, 0.2) is 42.9 Å². The van der Waals surface area contributed by atoms with Crippen molar-refractivity contribution in [3.8, 4) is 17.3 Å². The molecule has 9 nitrogen and oxygen atoms in total. The molecule has 1 saturated heterocycles. The van der Waals surface area contributed by atoms with Crippen LogP contribution in [0.2, 0.25) is 5.02 Å². The van der Waals surface area contributed by atoms with E-state index in [-0.39, 0.29) is 24.2 Å². The van der Waals surface area contributed by atoms with Crippen LogP contribution in [0.1, 0.15) is 54.2 Å². The van der Waals surface area contributed by atoms with Crippen molar-refractivity contribution in [1.29, 1.82) is 0 Å². The van der Waals surface area contributed by atoms with Crippen molar-refractivity contribution >= 4 is 28.7 Å². The first-order valence-corrected chi connectivity index (χ1v) is 13.3. The Morgan fingerprint density at radius 3 is 2.79 bits per heavy atom. The smallest absolute Gasteiger partial charge is 0.254 e. The molecule has 3 aromatic heterocycles. The molecule has 1 amide bonds. The minimum atomic E-state index is -0.231. The van der Waals surface area contributed by atoms with Crippen LogP contribution in [0.4, 0.5) is 0 Å². The van der Waals surface area contributed by atoms with Crippen molar-refractivity contribution in [3.63, 3.8) is 0 Å². The minimum Gasteiger partial charge on any atom is -0.470 e. The van der Waals surface area contributed by atoms with Gasteiger partial charge < -0.3 is 19.3 Å². The number of carbonyl (C=O) groups is 1. The normalized spacial score (nSPS) is 18.2. The second-order valence-corrected chi connectivity index (χ2v) is 10.8. The molecule has 1 atom stereocenters. The maximum atomic E-state index is 13.2. The largest absolute Gasteiger partial charge is 0.470 e. The standard InChI is InChI=1S/C28H29ClN6O3/c1-17-7-10-30-19(12-17)14-35-24(33-23-25(35)31-16-32-26(23)38-28(2)8-9-28)21-6-5-18(13-22(21)29)27(37)34-11-3-4-20(34)15-36/h5-7,10,12-13,16,20,36H,3-4,8-9,11,14-15H2,1-2H3/t20-/m0/s1. The molecule has 2 fully saturated rings. The molecule has 0 spiro atoms. The number of aromatic nitrogens is 5. The van der Waals surface area contributed by atoms with Crippen molar-refractivity contribution in [3.05, 3.63) is 64.7 Å². The summed E-state index contributed by atoms with van der Waals surface area (Å²) in [5.41, 5.74) is 4.05. The highest BCUT2D eigenvalue weighted by Gasteiger charge is 2.41. The number of hydrogen-bond donors (Lipinski definition) is 1. The Kier molecular flexibility index (Phi) is 6.28. The fraction of sp³-hybridized carbons (Fsp3) is 0.393. The van der Waals surface area contributed by atoms with Gasteiger partial charge in [-0.15, -0.1) is 0 Å². The van der Waals surface area contributed by atoms with Gasteiger partial charge in [-0.1, -0.05) is 11.6 Å². The third kappa shape index (κ3) is 4.61. The number of aryl methyl sites for hydroxylation is 1. The van der Waals surface area contributed by atoms with Crippen molar-refractivity contribution in [1.82, 2.24) is 29.4 Å². The van der Waals surface area contributed by atoms with Gasteiger partial charge in [0.05, 0.1) is 29.9 Å². The summed E-state index contributed by atoms with van der Waals surface area (Å²) < 4.78 is 8.18. The predicted molar refractivity (Wildman–Crippen MR) is 143 cm³/mol. The molecule has 1 aromatic carbocycles. The SMILES string of the molecule is Cc1ccnc(Cn2c(-c3ccc(C(=O)N4CCC[C@H]4CO)cc3Cl)nc3c(OC4(C)CC4)ncnc32)c1. The number of hydrogen-bond acceptors (Lipinski definition) is 7. The average molecular weight is 533 g/mol. The van der Waals surface area contributed by atoms with E-state index in [0.29, 0.717) is 52.1 Å². The Morgan fingerprint density at radius 2 is 2.05 bits per heavy atom. The van der Waals surface area contributed by atoms with Gasteiger partial charge in [-0.3, -0.25) is 9.78 Å². The van der Waals surface area contributed by atoms with Crippen molar-refractivity contribution in [2.24, 2.45) is 0 Å². The van der Waals surface area contributed by atoms with E-state index < -0.39 is 0 Å². The lowest BCUT2D eigenvalue weighted by Crippen LogP contribution is -2.37. The molecule has 2 aliphatic rings. The summed E-state index contributed by atoms with van der Waals surface area (Å²) in [5, 5.41) is 10.1. The van der Waals surface area contributed by atoms with Crippen LogP contribution in [-0.4, -0.2) is 65.2 Å². The Balaban J connectivity index is 1.43. The highest BCUT2D eigenvalue weighted by molar-refractivity contribution is 6.33. The van der Waals surface area contributed by atoms with Crippen molar-refractivity contribution < 1.29 is 14.6 Å². The van der Waals surface area contributed by atoms with E-state index in [0.717, 1.165) is 36.9 Å². The lowest BCUT2D eigenvalue weighted by Gasteiger charge is -2.23. The Morgan fingerprint density at radius 1 is 1.21 bits per heavy atom. The minimum absolute atomic E-state index is 0.0426. The summed E-state index contributed by atoms with van der Waals surface area (Å²) in [6.45, 7) is 5.09. The summed E-state index contributed by atoms with van der Waals surface area (Å²) >= 11 is 6.81. The topological polar surface area (TPSA) is 106 Å². The van der Waals surface area contributed by atoms with Crippen LogP contribution in [0.3, 0.4) is 0 Å². The summed E-state index contributed by atoms with van der Waals surface area (Å²) in [4.78, 5) is 33.3. The Bertz CT molecular complexity index is 1530. The number of amides is 1. The van der Waals surface area contributed by atoms with E-state index in [1.807, 2.05) is 29.7 Å². The first-order valence-electron chi connectivity index (χ1n) is 12.9. The summed E-state index contributed by atoms with van der Waals surface area (Å²) in [5.74, 6) is 0.902. The summed E-state index contributed by atoms with van der Waals surface area (Å²) in [6.07, 6.45) is 6.89. The maximum absolute atomic E-state index is 13.2. The molecule has 0 unspecified atom stereocenters. The van der Waals surface area contributed by atoms with Gasteiger partial charge in [-0.05, 0) is 75.4 Å². The van der Waals surface area contributed by atoms with Gasteiger partial charge in [0.1, 0.15) is 17.8 Å². The highest BCUT2D eigenvalue weighted by atomic mass is 35.5. The van der Waals surface area contributed by atoms with Crippen LogP contribution in [0.25, 0.3) is 22.6 Å². The van der Waals surface area contributed by atoms with Gasteiger partial charge in [0.2, 0.25) is 5.88 Å². The molecule has 6 rings (SSSR count). The van der Waals surface area contributed by atoms with Crippen LogP contribution in [0.5, 0.6) is 5.88 Å². The summed E-state index contributed by atoms with van der Waals surface area (Å²) in [6, 6.07) is 9.08. The van der Waals surface area contributed by atoms with Crippen molar-refractivity contribution in [2.45, 2.75) is 57.7 Å². The number of aliphatic hydroxyl groups excluding tert-OH is 1. The molecule has 0 bridgehead atoms. The fourth-order valence-electron chi connectivity index (χ4n) is 4.99. The highest BCUT2D eigenvalue weighted by Crippen LogP contribution is 2.41. The number of carbonyl (C=O) groups excluding carboxylic acids is 1. The molecular weight excluding hydrogens is 504 g/mol. The molecule has 4 heterocycles. The van der Waals surface area contributed by atoms with Gasteiger partial charge in [0.25, 0.3) is 5.91 Å². The molecule has 10 heteroatoms. The Labute approximate surface area is 225 Å². The van der Waals surface area contributed by atoms with E-state index in [1.165, 1.54) is 6.33 Å². The molecule has 0 radical (unpaired) electrons. The third-order valence-corrected chi connectivity index (χ3v) is 7.71. The van der Waals surface area contributed by atoms with Gasteiger partial charge in [0, 0.05) is 23.9 Å². The number of nitrogens with zero attached hydrogens (tertiary/aromatic N) is 6. The van der Waals surface area contributed by atoms with E-state index in [2.05, 4.69) is 21.9 Å². The number of rotatable bonds is 7. The van der Waals surface area contributed by atoms with Crippen LogP contribution in [0, 0.1) is 6.92 Å². The van der Waals surface area contributed by atoms with Crippen molar-refractivity contribution in [2.75, 3.05) is 13.2 Å². The first kappa shape index (κ1) is 24.8. The Hall–Kier alpha value is -3.56. The molecule has 38 heavy (non-hydrogen) atoms. The van der Waals surface area contributed by atoms with E-state index in [9.17, 15) is 9.90 Å². The quantitative estimate of drug-likeness (QED) is 0.375. The first-order chi connectivity index (χ1) is 18.3. The maximum Gasteiger partial charge on any atom is 0.254 e. The monoisotopic (exact) mass is 532 g/mol. The molecule has 1 saturated carbocycles. The summed E-state index contributed by atoms with van der Waals surface area (Å²) in [7, 11) is 0. The lowest BCUT2D eigenvalue weighted by atomic mass is 10.1. The molecule has 196 valence electrons. The van der Waals surface area contributed by atoms with Crippen LogP contribution < -0.4 is 4.74 Å². The number of pyridine rings is 1. The lowest BCUT2D eigenvalue weighted by molar-refractivity contribution is 0.0677. The second kappa shape index (κ2) is 9.63. The number of likely N-dealkylation sites (tertiary alicyclic amines) is 1. The molecular formula is C28H29ClN6O3. The number of fused-ring (bicyclic) bond motifs is 1. The molecule has 4 aromatic rings. The molecule has 1 aliphatic heterocycles. The predicted octanol–water partition coefficient (Wildman–Crippen LogP) is 4.43.